The molecule has 1 saturated carbocycles. The lowest BCUT2D eigenvalue weighted by Gasteiger charge is -2.33. The maximum atomic E-state index is 12.5. The van der Waals surface area contributed by atoms with Gasteiger partial charge in [0.05, 0.1) is 12.7 Å². The lowest BCUT2D eigenvalue weighted by molar-refractivity contribution is -0.136. The Hall–Kier alpha value is -1.25. The van der Waals surface area contributed by atoms with Gasteiger partial charge in [0.1, 0.15) is 5.76 Å². The number of esters is 1. The molecule has 0 saturated heterocycles. The van der Waals surface area contributed by atoms with Gasteiger partial charge in [-0.15, -0.1) is 0 Å². The third kappa shape index (κ3) is 3.23. The maximum absolute atomic E-state index is 12.5. The molecule has 0 aromatic rings. The average Bonchev–Trinajstić information content (AvgIpc) is 2.75. The zero-order valence-corrected chi connectivity index (χ0v) is 12.8. The summed E-state index contributed by atoms with van der Waals surface area (Å²) in [6.07, 6.45) is 4.49. The molecule has 5 nitrogen and oxygen atoms in total. The molecule has 0 bridgehead atoms. The van der Waals surface area contributed by atoms with Gasteiger partial charge in [0, 0.05) is 6.42 Å². The molecule has 1 spiro atoms. The molecule has 2 aliphatic carbocycles. The smallest absolute Gasteiger partial charge is 0.466 e. The largest absolute Gasteiger partial charge is 0.534 e. The molecule has 0 aromatic heterocycles. The first-order chi connectivity index (χ1) is 10.1. The second-order valence-corrected chi connectivity index (χ2v) is 7.33. The van der Waals surface area contributed by atoms with Crippen LogP contribution in [0.4, 0.5) is 13.2 Å². The van der Waals surface area contributed by atoms with Gasteiger partial charge in [-0.05, 0) is 24.7 Å². The minimum Gasteiger partial charge on any atom is -0.466 e. The third-order valence-corrected chi connectivity index (χ3v) is 5.25. The quantitative estimate of drug-likeness (QED) is 0.448. The van der Waals surface area contributed by atoms with E-state index in [9.17, 15) is 26.4 Å². The van der Waals surface area contributed by atoms with Crippen LogP contribution >= 0.6 is 0 Å². The molecule has 0 atom stereocenters. The predicted molar refractivity (Wildman–Crippen MR) is 69.9 cm³/mol. The molecule has 0 amide bonds. The van der Waals surface area contributed by atoms with Crippen molar-refractivity contribution < 1.29 is 35.3 Å². The van der Waals surface area contributed by atoms with Crippen LogP contribution in [0.15, 0.2) is 11.3 Å². The Balaban J connectivity index is 2.30. The van der Waals surface area contributed by atoms with Gasteiger partial charge in [0.25, 0.3) is 0 Å². The van der Waals surface area contributed by atoms with Crippen LogP contribution < -0.4 is 0 Å². The fraction of sp³-hybridized carbons (Fsp3) is 0.769. The number of ether oxygens (including phenoxy) is 1. The van der Waals surface area contributed by atoms with Crippen LogP contribution in [0.25, 0.3) is 0 Å². The van der Waals surface area contributed by atoms with E-state index in [1.165, 1.54) is 0 Å². The summed E-state index contributed by atoms with van der Waals surface area (Å²) in [4.78, 5) is 11.7. The van der Waals surface area contributed by atoms with Crippen LogP contribution in [0.3, 0.4) is 0 Å². The van der Waals surface area contributed by atoms with E-state index >= 15 is 0 Å². The van der Waals surface area contributed by atoms with E-state index in [-0.39, 0.29) is 18.4 Å². The molecule has 0 aromatic carbocycles. The number of allylic oxidation sites excluding steroid dienone is 1. The fourth-order valence-corrected chi connectivity index (χ4v) is 3.73. The Labute approximate surface area is 126 Å². The van der Waals surface area contributed by atoms with Gasteiger partial charge in [-0.2, -0.15) is 21.6 Å². The highest BCUT2D eigenvalue weighted by Crippen LogP contribution is 2.52. The second kappa shape index (κ2) is 5.75. The molecule has 0 unspecified atom stereocenters. The van der Waals surface area contributed by atoms with Gasteiger partial charge in [-0.3, -0.25) is 0 Å². The summed E-state index contributed by atoms with van der Waals surface area (Å²) in [5.41, 5.74) is -6.01. The van der Waals surface area contributed by atoms with Crippen molar-refractivity contribution in [1.82, 2.24) is 0 Å². The first-order valence-corrected chi connectivity index (χ1v) is 8.32. The van der Waals surface area contributed by atoms with Crippen molar-refractivity contribution in [1.29, 1.82) is 0 Å². The SMILES string of the molecule is COC(=O)C1=C(OS(=O)(=O)C(F)(F)F)CC2(CCCCC2)C1. The van der Waals surface area contributed by atoms with Crippen LogP contribution in [0.5, 0.6) is 0 Å². The summed E-state index contributed by atoms with van der Waals surface area (Å²) in [6, 6.07) is 0. The molecule has 2 rings (SSSR count). The van der Waals surface area contributed by atoms with Crippen LogP contribution in [0.2, 0.25) is 0 Å². The van der Waals surface area contributed by atoms with Crippen molar-refractivity contribution in [2.24, 2.45) is 5.41 Å². The first kappa shape index (κ1) is 17.1. The number of rotatable bonds is 3. The highest BCUT2D eigenvalue weighted by atomic mass is 32.2. The normalized spacial score (nSPS) is 22.0. The first-order valence-electron chi connectivity index (χ1n) is 6.91. The number of carbonyl (C=O) groups is 1. The molecular formula is C13H17F3O5S. The van der Waals surface area contributed by atoms with E-state index in [4.69, 9.17) is 0 Å². The predicted octanol–water partition coefficient (Wildman–Crippen LogP) is 3.02. The van der Waals surface area contributed by atoms with Crippen LogP contribution in [-0.4, -0.2) is 27.0 Å². The highest BCUT2D eigenvalue weighted by Gasteiger charge is 2.51. The van der Waals surface area contributed by atoms with E-state index in [0.29, 0.717) is 0 Å². The van der Waals surface area contributed by atoms with Crippen molar-refractivity contribution in [3.8, 4) is 0 Å². The Morgan fingerprint density at radius 2 is 1.73 bits per heavy atom. The summed E-state index contributed by atoms with van der Waals surface area (Å²) in [5.74, 6) is -1.26. The van der Waals surface area contributed by atoms with Gasteiger partial charge >= 0.3 is 21.6 Å². The molecule has 9 heteroatoms. The number of carbonyl (C=O) groups excluding carboxylic acids is 1. The minimum atomic E-state index is -5.78. The molecule has 2 aliphatic rings. The van der Waals surface area contributed by atoms with Gasteiger partial charge in [0.15, 0.2) is 0 Å². The monoisotopic (exact) mass is 342 g/mol. The van der Waals surface area contributed by atoms with Gasteiger partial charge in [-0.1, -0.05) is 19.3 Å². The van der Waals surface area contributed by atoms with Crippen molar-refractivity contribution in [2.45, 2.75) is 50.5 Å². The van der Waals surface area contributed by atoms with E-state index < -0.39 is 32.8 Å². The Bertz CT molecular complexity index is 585. The molecular weight excluding hydrogens is 325 g/mol. The van der Waals surface area contributed by atoms with Gasteiger partial charge in [-0.25, -0.2) is 4.79 Å². The minimum absolute atomic E-state index is 0.0206. The number of halogens is 3. The zero-order chi connectivity index (χ0) is 16.6. The lowest BCUT2D eigenvalue weighted by atomic mass is 9.72. The number of methoxy groups -OCH3 is 1. The Morgan fingerprint density at radius 3 is 2.23 bits per heavy atom. The molecule has 126 valence electrons. The van der Waals surface area contributed by atoms with Gasteiger partial charge in [0.2, 0.25) is 0 Å². The van der Waals surface area contributed by atoms with Crippen molar-refractivity contribution >= 4 is 16.1 Å². The Morgan fingerprint density at radius 1 is 1.14 bits per heavy atom. The zero-order valence-electron chi connectivity index (χ0n) is 12.0. The molecule has 0 N–H and O–H groups in total. The number of hydrogen-bond acceptors (Lipinski definition) is 5. The fourth-order valence-electron chi connectivity index (χ4n) is 3.21. The standard InChI is InChI=1S/C13H17F3O5S/c1-20-11(17)9-7-12(5-3-2-4-6-12)8-10(9)21-22(18,19)13(14,15)16/h2-8H2,1H3. The van der Waals surface area contributed by atoms with Crippen molar-refractivity contribution in [2.75, 3.05) is 7.11 Å². The van der Waals surface area contributed by atoms with Crippen LogP contribution in [-0.2, 0) is 23.8 Å². The molecule has 1 fully saturated rings. The van der Waals surface area contributed by atoms with Crippen molar-refractivity contribution in [3.05, 3.63) is 11.3 Å². The average molecular weight is 342 g/mol. The number of alkyl halides is 3. The molecule has 0 aliphatic heterocycles. The third-order valence-electron chi connectivity index (χ3n) is 4.26. The lowest BCUT2D eigenvalue weighted by Crippen LogP contribution is -2.26. The van der Waals surface area contributed by atoms with E-state index in [2.05, 4.69) is 8.92 Å². The summed E-state index contributed by atoms with van der Waals surface area (Å²) < 4.78 is 68.6. The molecule has 22 heavy (non-hydrogen) atoms. The summed E-state index contributed by atoms with van der Waals surface area (Å²) >= 11 is 0. The van der Waals surface area contributed by atoms with E-state index in [1.807, 2.05) is 0 Å². The van der Waals surface area contributed by atoms with Crippen LogP contribution in [0, 0.1) is 5.41 Å². The maximum Gasteiger partial charge on any atom is 0.534 e. The van der Waals surface area contributed by atoms with Gasteiger partial charge < -0.3 is 8.92 Å². The highest BCUT2D eigenvalue weighted by molar-refractivity contribution is 7.87. The topological polar surface area (TPSA) is 69.7 Å². The Kier molecular flexibility index (Phi) is 4.47. The summed E-state index contributed by atoms with van der Waals surface area (Å²) in [7, 11) is -4.68. The molecule has 0 heterocycles. The number of hydrogen-bond donors (Lipinski definition) is 0. The van der Waals surface area contributed by atoms with Crippen molar-refractivity contribution in [3.63, 3.8) is 0 Å². The van der Waals surface area contributed by atoms with Crippen LogP contribution in [0.1, 0.15) is 44.9 Å². The second-order valence-electron chi connectivity index (χ2n) is 5.79. The van der Waals surface area contributed by atoms with E-state index in [0.717, 1.165) is 39.2 Å². The summed E-state index contributed by atoms with van der Waals surface area (Å²) in [6.45, 7) is 0. The molecule has 0 radical (unpaired) electrons. The van der Waals surface area contributed by atoms with E-state index in [1.54, 1.807) is 0 Å². The summed E-state index contributed by atoms with van der Waals surface area (Å²) in [5, 5.41) is 0.